The molecule has 2 atom stereocenters. The van der Waals surface area contributed by atoms with Crippen LogP contribution in [0.3, 0.4) is 0 Å². The largest absolute Gasteiger partial charge is 0.329 e. The smallest absolute Gasteiger partial charge is 0.0692 e. The fourth-order valence-corrected chi connectivity index (χ4v) is 2.18. The zero-order valence-corrected chi connectivity index (χ0v) is 12.6. The van der Waals surface area contributed by atoms with Crippen molar-refractivity contribution in [3.63, 3.8) is 0 Å². The molecule has 1 rings (SSSR count). The molecule has 0 fully saturated rings. The van der Waals surface area contributed by atoms with Gasteiger partial charge in [0.05, 0.1) is 6.04 Å². The summed E-state index contributed by atoms with van der Waals surface area (Å²) < 4.78 is 1.11. The van der Waals surface area contributed by atoms with Gasteiger partial charge in [-0.1, -0.05) is 47.3 Å². The summed E-state index contributed by atoms with van der Waals surface area (Å²) in [6.45, 7) is 4.75. The molecule has 0 radical (unpaired) electrons. The van der Waals surface area contributed by atoms with Gasteiger partial charge in [0.25, 0.3) is 0 Å². The van der Waals surface area contributed by atoms with Gasteiger partial charge in [-0.05, 0) is 30.5 Å². The quantitative estimate of drug-likeness (QED) is 0.792. The molecule has 0 aliphatic rings. The summed E-state index contributed by atoms with van der Waals surface area (Å²) in [4.78, 5) is 0. The summed E-state index contributed by atoms with van der Waals surface area (Å²) in [6.07, 6.45) is 7.58. The lowest BCUT2D eigenvalue weighted by Crippen LogP contribution is -2.35. The normalized spacial score (nSPS) is 13.9. The third-order valence-electron chi connectivity index (χ3n) is 3.00. The zero-order chi connectivity index (χ0) is 13.5. The van der Waals surface area contributed by atoms with Gasteiger partial charge in [-0.3, -0.25) is 5.32 Å². The van der Waals surface area contributed by atoms with E-state index in [1.54, 1.807) is 0 Å². The number of nitrogens with two attached hydrogens (primary N) is 1. The molecule has 0 aliphatic heterocycles. The van der Waals surface area contributed by atoms with Gasteiger partial charge >= 0.3 is 0 Å². The first-order valence-electron chi connectivity index (χ1n) is 6.30. The van der Waals surface area contributed by atoms with Crippen LogP contribution in [0.2, 0.25) is 0 Å². The maximum atomic E-state index is 5.85. The average molecular weight is 309 g/mol. The molecule has 0 saturated heterocycles. The van der Waals surface area contributed by atoms with Crippen LogP contribution >= 0.6 is 15.9 Å². The van der Waals surface area contributed by atoms with Gasteiger partial charge in [0.15, 0.2) is 0 Å². The van der Waals surface area contributed by atoms with Crippen LogP contribution in [0.25, 0.3) is 0 Å². The minimum Gasteiger partial charge on any atom is -0.329 e. The summed E-state index contributed by atoms with van der Waals surface area (Å²) in [6, 6.07) is 6.49. The number of hydrogen-bond acceptors (Lipinski definition) is 2. The van der Waals surface area contributed by atoms with Gasteiger partial charge in [0.1, 0.15) is 0 Å². The van der Waals surface area contributed by atoms with E-state index in [0.717, 1.165) is 17.3 Å². The Morgan fingerprint density at radius 1 is 1.50 bits per heavy atom. The van der Waals surface area contributed by atoms with E-state index in [4.69, 9.17) is 12.2 Å². The molecule has 0 heterocycles. The molecule has 2 nitrogen and oxygen atoms in total. The molecule has 18 heavy (non-hydrogen) atoms. The van der Waals surface area contributed by atoms with E-state index in [1.807, 2.05) is 0 Å². The van der Waals surface area contributed by atoms with E-state index in [9.17, 15) is 0 Å². The van der Waals surface area contributed by atoms with Crippen LogP contribution < -0.4 is 11.1 Å². The average Bonchev–Trinajstić information content (AvgIpc) is 2.38. The Morgan fingerprint density at radius 2 is 2.22 bits per heavy atom. The van der Waals surface area contributed by atoms with E-state index in [0.29, 0.717) is 6.54 Å². The van der Waals surface area contributed by atoms with Crippen molar-refractivity contribution in [1.29, 1.82) is 0 Å². The molecule has 2 unspecified atom stereocenters. The zero-order valence-electron chi connectivity index (χ0n) is 11.0. The Kier molecular flexibility index (Phi) is 6.42. The van der Waals surface area contributed by atoms with E-state index in [1.165, 1.54) is 11.1 Å². The first-order valence-corrected chi connectivity index (χ1v) is 7.10. The first kappa shape index (κ1) is 15.2. The first-order chi connectivity index (χ1) is 8.62. The minimum absolute atomic E-state index is 0.0903. The van der Waals surface area contributed by atoms with Crippen molar-refractivity contribution in [3.8, 4) is 12.3 Å². The van der Waals surface area contributed by atoms with Crippen LogP contribution in [0.1, 0.15) is 36.9 Å². The van der Waals surface area contributed by atoms with Crippen LogP contribution in [-0.4, -0.2) is 12.6 Å². The molecule has 3 heteroatoms. The Hall–Kier alpha value is -0.820. The second-order valence-electron chi connectivity index (χ2n) is 4.47. The predicted molar refractivity (Wildman–Crippen MR) is 81.3 cm³/mol. The summed E-state index contributed by atoms with van der Waals surface area (Å²) in [7, 11) is 0. The Bertz CT molecular complexity index is 423. The molecule has 3 N–H and O–H groups in total. The Morgan fingerprint density at radius 3 is 2.72 bits per heavy atom. The molecule has 98 valence electrons. The Labute approximate surface area is 118 Å². The Balaban J connectivity index is 2.82. The predicted octanol–water partition coefficient (Wildman–Crippen LogP) is 3.15. The molecular weight excluding hydrogens is 288 g/mol. The number of terminal acetylenes is 1. The van der Waals surface area contributed by atoms with Crippen LogP contribution in [0.15, 0.2) is 22.7 Å². The fourth-order valence-electron chi connectivity index (χ4n) is 1.93. The third kappa shape index (κ3) is 4.13. The minimum atomic E-state index is 0.0903. The number of aryl methyl sites for hydroxylation is 1. The van der Waals surface area contributed by atoms with E-state index in [-0.39, 0.29) is 12.1 Å². The molecular formula is C15H21BrN2. The van der Waals surface area contributed by atoms with E-state index >= 15 is 0 Å². The van der Waals surface area contributed by atoms with Gasteiger partial charge in [-0.25, -0.2) is 0 Å². The molecule has 1 aromatic rings. The van der Waals surface area contributed by atoms with Crippen molar-refractivity contribution in [3.05, 3.63) is 33.8 Å². The van der Waals surface area contributed by atoms with Crippen molar-refractivity contribution in [2.24, 2.45) is 5.73 Å². The lowest BCUT2D eigenvalue weighted by atomic mass is 10.0. The lowest BCUT2D eigenvalue weighted by Gasteiger charge is -2.22. The maximum Gasteiger partial charge on any atom is 0.0692 e. The van der Waals surface area contributed by atoms with E-state index < -0.39 is 0 Å². The summed E-state index contributed by atoms with van der Waals surface area (Å²) in [5.41, 5.74) is 8.25. The van der Waals surface area contributed by atoms with Crippen molar-refractivity contribution < 1.29 is 0 Å². The molecule has 0 bridgehead atoms. The van der Waals surface area contributed by atoms with Gasteiger partial charge in [-0.15, -0.1) is 6.42 Å². The highest BCUT2D eigenvalue weighted by molar-refractivity contribution is 9.10. The highest BCUT2D eigenvalue weighted by Crippen LogP contribution is 2.21. The molecule has 0 aromatic heterocycles. The van der Waals surface area contributed by atoms with Crippen LogP contribution in [-0.2, 0) is 0 Å². The lowest BCUT2D eigenvalue weighted by molar-refractivity contribution is 0.475. The number of rotatable bonds is 6. The van der Waals surface area contributed by atoms with Crippen LogP contribution in [0.4, 0.5) is 0 Å². The van der Waals surface area contributed by atoms with Crippen molar-refractivity contribution in [2.45, 2.75) is 38.8 Å². The highest BCUT2D eigenvalue weighted by atomic mass is 79.9. The van der Waals surface area contributed by atoms with Crippen molar-refractivity contribution in [1.82, 2.24) is 5.32 Å². The number of hydrogen-bond donors (Lipinski definition) is 2. The maximum absolute atomic E-state index is 5.85. The molecule has 0 spiro atoms. The van der Waals surface area contributed by atoms with Gasteiger partial charge in [0.2, 0.25) is 0 Å². The molecule has 0 amide bonds. The van der Waals surface area contributed by atoms with E-state index in [2.05, 4.69) is 59.2 Å². The second-order valence-corrected chi connectivity index (χ2v) is 5.33. The van der Waals surface area contributed by atoms with Gasteiger partial charge in [0, 0.05) is 17.1 Å². The van der Waals surface area contributed by atoms with Crippen LogP contribution in [0.5, 0.6) is 0 Å². The molecule has 1 aromatic carbocycles. The summed E-state index contributed by atoms with van der Waals surface area (Å²) in [5.74, 6) is 2.79. The number of halogens is 1. The van der Waals surface area contributed by atoms with Crippen molar-refractivity contribution >= 4 is 15.9 Å². The monoisotopic (exact) mass is 308 g/mol. The van der Waals surface area contributed by atoms with Gasteiger partial charge < -0.3 is 5.73 Å². The van der Waals surface area contributed by atoms with Crippen molar-refractivity contribution in [2.75, 3.05) is 6.54 Å². The summed E-state index contributed by atoms with van der Waals surface area (Å²) >= 11 is 3.51. The molecule has 0 aliphatic carbocycles. The second kappa shape index (κ2) is 7.58. The molecule has 0 saturated carbocycles. The fraction of sp³-hybridized carbons (Fsp3) is 0.467. The summed E-state index contributed by atoms with van der Waals surface area (Å²) in [5, 5.41) is 3.44. The van der Waals surface area contributed by atoms with Gasteiger partial charge in [-0.2, -0.15) is 0 Å². The number of nitrogens with one attached hydrogen (secondary N) is 1. The topological polar surface area (TPSA) is 38.0 Å². The standard InChI is InChI=1S/C15H21BrN2/c1-4-6-13(5-2)18-15(10-17)12-7-8-14(16)11(3)9-12/h2,7-9,13,15,18H,4,6,10,17H2,1,3H3. The highest BCUT2D eigenvalue weighted by Gasteiger charge is 2.14. The number of benzene rings is 1. The third-order valence-corrected chi connectivity index (χ3v) is 3.89. The van der Waals surface area contributed by atoms with Crippen LogP contribution in [0, 0.1) is 19.3 Å². The SMILES string of the molecule is C#CC(CCC)NC(CN)c1ccc(Br)c(C)c1.